The van der Waals surface area contributed by atoms with E-state index < -0.39 is 41.7 Å². The molecule has 280 valence electrons. The number of amides is 2. The van der Waals surface area contributed by atoms with Gasteiger partial charge in [0.1, 0.15) is 11.1 Å². The molecule has 2 amide bonds. The van der Waals surface area contributed by atoms with Crippen LogP contribution < -0.4 is 59.0 Å². The highest BCUT2D eigenvalue weighted by Crippen LogP contribution is 2.22. The van der Waals surface area contributed by atoms with Gasteiger partial charge in [0, 0.05) is 24.3 Å². The average Bonchev–Trinajstić information content (AvgIpc) is 3.74. The second kappa shape index (κ2) is 19.8. The number of hydrogen-bond acceptors (Lipinski definition) is 14. The van der Waals surface area contributed by atoms with E-state index in [1.54, 1.807) is 12.4 Å². The zero-order valence-electron chi connectivity index (χ0n) is 26.4. The first-order chi connectivity index (χ1) is 23.3. The summed E-state index contributed by atoms with van der Waals surface area (Å²) in [5, 5.41) is 23.9. The maximum atomic E-state index is 12.2. The molecule has 4 heterocycles. The van der Waals surface area contributed by atoms with Crippen LogP contribution in [0.5, 0.6) is 0 Å². The van der Waals surface area contributed by atoms with E-state index in [2.05, 4.69) is 0 Å². The molecule has 0 aliphatic rings. The number of Topliss-reactive ketones (excluding diaryl/α,β-unsaturated/α-hetero) is 2. The summed E-state index contributed by atoms with van der Waals surface area (Å²) < 4.78 is 46.7. The number of aromatic nitrogens is 2. The number of rotatable bonds is 14. The van der Waals surface area contributed by atoms with E-state index in [9.17, 15) is 56.2 Å². The molecule has 0 saturated carbocycles. The number of halogens is 2. The lowest BCUT2D eigenvalue weighted by molar-refractivity contribution is -0.683. The van der Waals surface area contributed by atoms with Crippen molar-refractivity contribution in [3.05, 3.63) is 113 Å². The van der Waals surface area contributed by atoms with Crippen LogP contribution in [0.3, 0.4) is 0 Å². The number of sulfonamides is 2. The number of carbonyl (C=O) groups is 4. The quantitative estimate of drug-likeness (QED) is 0.0399. The van der Waals surface area contributed by atoms with Crippen LogP contribution in [0, 0.1) is 20.2 Å². The number of thiophene rings is 2. The Morgan fingerprint density at radius 1 is 0.712 bits per heavy atom. The van der Waals surface area contributed by atoms with Gasteiger partial charge in [0.15, 0.2) is 24.8 Å². The first kappa shape index (κ1) is 45.4. The third-order valence-electron chi connectivity index (χ3n) is 5.74. The van der Waals surface area contributed by atoms with Crippen LogP contribution in [0.4, 0.5) is 11.4 Å². The van der Waals surface area contributed by atoms with Crippen molar-refractivity contribution in [1.29, 1.82) is 0 Å². The van der Waals surface area contributed by atoms with Gasteiger partial charge in [-0.2, -0.15) is 9.13 Å². The second-order valence-electron chi connectivity index (χ2n) is 9.89. The monoisotopic (exact) mass is 884 g/mol. The standard InChI is InChI=1S/2C13H12N4O6S2.BrH.ClH/c2*1-25(22,23)15-14-13(19)9-3-2-4-16(6-9)7-11(18)12-5-10(8-24-12)17(20)21;;/h2*2-6,8,15H,7H2,1H3;2*1H. The van der Waals surface area contributed by atoms with Crippen molar-refractivity contribution in [3.63, 3.8) is 0 Å². The Hall–Kier alpha value is -4.63. The number of hydrazine groups is 2. The van der Waals surface area contributed by atoms with Gasteiger partial charge >= 0.3 is 0 Å². The number of nitro groups is 2. The van der Waals surface area contributed by atoms with Gasteiger partial charge in [0.2, 0.25) is 44.7 Å². The summed E-state index contributed by atoms with van der Waals surface area (Å²) in [6.07, 6.45) is 7.58. The minimum absolute atomic E-state index is 0. The van der Waals surface area contributed by atoms with E-state index in [1.807, 2.05) is 20.5 Å². The number of carbonyl (C=O) groups excluding carboxylic acids is 4. The van der Waals surface area contributed by atoms with Crippen molar-refractivity contribution in [1.82, 2.24) is 20.5 Å². The molecule has 0 bridgehead atoms. The second-order valence-corrected chi connectivity index (χ2v) is 15.2. The van der Waals surface area contributed by atoms with Crippen LogP contribution >= 0.6 is 22.7 Å². The van der Waals surface area contributed by atoms with Gasteiger partial charge in [-0.1, -0.05) is 0 Å². The summed E-state index contributed by atoms with van der Waals surface area (Å²) in [6, 6.07) is 8.30. The first-order valence-corrected chi connectivity index (χ1v) is 18.9. The van der Waals surface area contributed by atoms with Crippen LogP contribution in [0.25, 0.3) is 0 Å². The molecule has 4 N–H and O–H groups in total. The van der Waals surface area contributed by atoms with Gasteiger partial charge in [-0.15, -0.1) is 32.3 Å². The molecule has 4 rings (SSSR count). The van der Waals surface area contributed by atoms with Crippen molar-refractivity contribution in [2.45, 2.75) is 13.1 Å². The number of nitrogens with zero attached hydrogens (tertiary/aromatic N) is 4. The average molecular weight is 886 g/mol. The van der Waals surface area contributed by atoms with Crippen LogP contribution in [0.1, 0.15) is 40.1 Å². The Labute approximate surface area is 319 Å². The Balaban J connectivity index is 0.000000501. The van der Waals surface area contributed by atoms with Crippen molar-refractivity contribution < 1.29 is 84.4 Å². The molecule has 0 aromatic carbocycles. The summed E-state index contributed by atoms with van der Waals surface area (Å²) >= 11 is 1.93. The maximum Gasteiger partial charge on any atom is 0.280 e. The number of ketones is 2. The summed E-state index contributed by atoms with van der Waals surface area (Å²) in [4.78, 5) is 72.4. The molecule has 0 saturated heterocycles. The molecular formula is C26H26BrClN8O12S4. The van der Waals surface area contributed by atoms with Gasteiger partial charge in [-0.05, 0) is 12.1 Å². The van der Waals surface area contributed by atoms with Crippen molar-refractivity contribution in [2.24, 2.45) is 0 Å². The predicted molar refractivity (Wildman–Crippen MR) is 175 cm³/mol. The molecule has 0 spiro atoms. The SMILES string of the molecule is CS(=O)(=O)NNC(=O)c1ccc[n+](CC(=O)c2cc([N+](=O)[O-])cs2)c1.CS(=O)(=O)NNC(=O)c1ccc[n+](CC(=O)c2cc([N+](=O)[O-])cs2)c1.[Br-].[Cl-]. The topological polar surface area (TPSA) is 279 Å². The van der Waals surface area contributed by atoms with E-state index in [4.69, 9.17) is 0 Å². The molecular weight excluding hydrogens is 860 g/mol. The number of pyridine rings is 2. The fourth-order valence-electron chi connectivity index (χ4n) is 3.56. The first-order valence-electron chi connectivity index (χ1n) is 13.4. The van der Waals surface area contributed by atoms with Crippen molar-refractivity contribution in [3.8, 4) is 0 Å². The molecule has 52 heavy (non-hydrogen) atoms. The van der Waals surface area contributed by atoms with E-state index in [1.165, 1.54) is 68.7 Å². The highest BCUT2D eigenvalue weighted by molar-refractivity contribution is 7.88. The lowest BCUT2D eigenvalue weighted by Crippen LogP contribution is -3.00. The molecule has 0 aliphatic heterocycles. The van der Waals surface area contributed by atoms with Crippen molar-refractivity contribution >= 4 is 77.5 Å². The van der Waals surface area contributed by atoms with Crippen LogP contribution in [0.2, 0.25) is 0 Å². The number of nitrogens with one attached hydrogen (secondary N) is 4. The molecule has 26 heteroatoms. The summed E-state index contributed by atoms with van der Waals surface area (Å²) in [7, 11) is -7.19. The Kier molecular flexibility index (Phi) is 17.3. The van der Waals surface area contributed by atoms with E-state index in [-0.39, 0.29) is 86.3 Å². The maximum absolute atomic E-state index is 12.2. The smallest absolute Gasteiger partial charge is 0.280 e. The summed E-state index contributed by atoms with van der Waals surface area (Å²) in [5.74, 6) is -2.09. The van der Waals surface area contributed by atoms with Crippen molar-refractivity contribution in [2.75, 3.05) is 12.5 Å². The Morgan fingerprint density at radius 2 is 1.06 bits per heavy atom. The molecule has 0 unspecified atom stereocenters. The lowest BCUT2D eigenvalue weighted by atomic mass is 10.2. The molecule has 4 aromatic rings. The molecule has 0 atom stereocenters. The van der Waals surface area contributed by atoms with Crippen LogP contribution in [0.15, 0.2) is 71.9 Å². The minimum atomic E-state index is -3.59. The third-order valence-corrected chi connectivity index (χ3v) is 8.60. The van der Waals surface area contributed by atoms with Gasteiger partial charge in [0.05, 0.1) is 42.9 Å². The van der Waals surface area contributed by atoms with Gasteiger partial charge in [-0.25, -0.2) is 16.8 Å². The van der Waals surface area contributed by atoms with E-state index in [0.29, 0.717) is 0 Å². The largest absolute Gasteiger partial charge is 1.00 e. The van der Waals surface area contributed by atoms with Crippen LogP contribution in [-0.2, 0) is 33.1 Å². The molecule has 0 fully saturated rings. The predicted octanol–water partition coefficient (Wildman–Crippen LogP) is -5.95. The summed E-state index contributed by atoms with van der Waals surface area (Å²) in [6.45, 7) is -0.253. The zero-order valence-corrected chi connectivity index (χ0v) is 32.0. The summed E-state index contributed by atoms with van der Waals surface area (Å²) in [5.41, 5.74) is 3.99. The fraction of sp³-hybridized carbons (Fsp3) is 0.154. The third kappa shape index (κ3) is 14.9. The van der Waals surface area contributed by atoms with Gasteiger partial charge < -0.3 is 29.4 Å². The van der Waals surface area contributed by atoms with Gasteiger partial charge in [-0.3, -0.25) is 50.3 Å². The van der Waals surface area contributed by atoms with Gasteiger partial charge in [0.25, 0.3) is 23.2 Å². The van der Waals surface area contributed by atoms with E-state index in [0.717, 1.165) is 35.2 Å². The lowest BCUT2D eigenvalue weighted by Gasteiger charge is -2.04. The zero-order chi connectivity index (χ0) is 37.2. The molecule has 0 aliphatic carbocycles. The highest BCUT2D eigenvalue weighted by Gasteiger charge is 2.21. The number of hydrogen-bond donors (Lipinski definition) is 4. The minimum Gasteiger partial charge on any atom is -1.00 e. The Bertz CT molecular complexity index is 2040. The molecule has 4 aromatic heterocycles. The highest BCUT2D eigenvalue weighted by atomic mass is 79.9. The normalized spacial score (nSPS) is 10.7. The van der Waals surface area contributed by atoms with E-state index >= 15 is 0 Å². The molecule has 20 nitrogen and oxygen atoms in total. The molecule has 0 radical (unpaired) electrons. The Morgan fingerprint density at radius 3 is 1.35 bits per heavy atom. The van der Waals surface area contributed by atoms with Crippen LogP contribution in [-0.4, -0.2) is 62.6 Å². The fourth-order valence-corrected chi connectivity index (χ4v) is 5.68.